The molecule has 1 aromatic heterocycles. The second-order valence-electron chi connectivity index (χ2n) is 5.79. The van der Waals surface area contributed by atoms with Gasteiger partial charge in [-0.1, -0.05) is 23.5 Å². The highest BCUT2D eigenvalue weighted by Gasteiger charge is 2.28. The number of ether oxygens (including phenoxy) is 1. The molecule has 1 saturated carbocycles. The van der Waals surface area contributed by atoms with E-state index in [0.717, 1.165) is 35.6 Å². The van der Waals surface area contributed by atoms with Crippen molar-refractivity contribution in [1.29, 1.82) is 0 Å². The summed E-state index contributed by atoms with van der Waals surface area (Å²) < 4.78 is 5.22. The maximum absolute atomic E-state index is 12.2. The summed E-state index contributed by atoms with van der Waals surface area (Å²) in [5.74, 6) is 0.816. The summed E-state index contributed by atoms with van der Waals surface area (Å²) >= 11 is 1.40. The molecule has 0 saturated heterocycles. The van der Waals surface area contributed by atoms with Crippen molar-refractivity contribution < 1.29 is 9.53 Å². The molecule has 0 spiro atoms. The minimum absolute atomic E-state index is 0. The van der Waals surface area contributed by atoms with Gasteiger partial charge < -0.3 is 15.8 Å². The van der Waals surface area contributed by atoms with Crippen molar-refractivity contribution in [2.75, 3.05) is 12.4 Å². The van der Waals surface area contributed by atoms with Crippen molar-refractivity contribution in [1.82, 2.24) is 10.2 Å². The first-order valence-corrected chi connectivity index (χ1v) is 8.47. The lowest BCUT2D eigenvalue weighted by molar-refractivity contribution is -0.119. The molecule has 0 radical (unpaired) electrons. The van der Waals surface area contributed by atoms with E-state index in [1.165, 1.54) is 11.3 Å². The number of carbonyl (C=O) groups excluding carboxylic acids is 1. The molecule has 1 fully saturated rings. The number of nitrogens with zero attached hydrogens (tertiary/aromatic N) is 2. The lowest BCUT2D eigenvalue weighted by Crippen LogP contribution is -2.23. The Kier molecular flexibility index (Phi) is 6.53. The molecule has 1 heterocycles. The molecule has 2 aromatic rings. The lowest BCUT2D eigenvalue weighted by atomic mass is 10.1. The third-order valence-corrected chi connectivity index (χ3v) is 4.87. The molecule has 3 rings (SSSR count). The molecule has 3 N–H and O–H groups in total. The molecule has 0 bridgehead atoms. The van der Waals surface area contributed by atoms with Gasteiger partial charge in [0.25, 0.3) is 0 Å². The van der Waals surface area contributed by atoms with Gasteiger partial charge in [-0.2, -0.15) is 0 Å². The summed E-state index contributed by atoms with van der Waals surface area (Å²) in [5.41, 5.74) is 6.95. The number of rotatable bonds is 5. The Hall–Kier alpha value is -1.70. The molecule has 1 aliphatic rings. The average molecular weight is 369 g/mol. The van der Waals surface area contributed by atoms with Crippen LogP contribution in [0, 0.1) is 5.92 Å². The molecule has 1 amide bonds. The largest absolute Gasteiger partial charge is 0.497 e. The molecule has 130 valence electrons. The number of carbonyl (C=O) groups is 1. The van der Waals surface area contributed by atoms with Gasteiger partial charge in [-0.15, -0.1) is 22.6 Å². The quantitative estimate of drug-likeness (QED) is 0.846. The summed E-state index contributed by atoms with van der Waals surface area (Å²) in [6.07, 6.45) is 3.18. The number of hydrogen-bond donors (Lipinski definition) is 2. The normalized spacial score (nSPS) is 19.6. The van der Waals surface area contributed by atoms with Crippen molar-refractivity contribution in [3.05, 3.63) is 34.8 Å². The van der Waals surface area contributed by atoms with E-state index in [1.54, 1.807) is 7.11 Å². The van der Waals surface area contributed by atoms with Crippen LogP contribution in [0.5, 0.6) is 5.75 Å². The Bertz CT molecular complexity index is 694. The molecule has 1 aliphatic carbocycles. The predicted octanol–water partition coefficient (Wildman–Crippen LogP) is 2.63. The molecule has 2 unspecified atom stereocenters. The van der Waals surface area contributed by atoms with Gasteiger partial charge in [0.15, 0.2) is 0 Å². The smallest absolute Gasteiger partial charge is 0.229 e. The van der Waals surface area contributed by atoms with Crippen LogP contribution >= 0.6 is 23.7 Å². The fraction of sp³-hybridized carbons (Fsp3) is 0.438. The molecular formula is C16H21ClN4O2S. The van der Waals surface area contributed by atoms with Crippen LogP contribution in [-0.2, 0) is 11.2 Å². The standard InChI is InChI=1S/C16H20N4O2S.ClH/c1-22-13-4-2-3-10(7-13)8-14-19-20-16(23-14)18-15(21)11-5-6-12(17)9-11;/h2-4,7,11-12H,5-6,8-9,17H2,1H3,(H,18,20,21);1H. The van der Waals surface area contributed by atoms with E-state index in [1.807, 2.05) is 24.3 Å². The average Bonchev–Trinajstić information content (AvgIpc) is 3.16. The van der Waals surface area contributed by atoms with Crippen molar-refractivity contribution in [2.45, 2.75) is 31.7 Å². The molecule has 2 atom stereocenters. The van der Waals surface area contributed by atoms with E-state index < -0.39 is 0 Å². The first-order valence-electron chi connectivity index (χ1n) is 7.66. The molecule has 8 heteroatoms. The number of amides is 1. The van der Waals surface area contributed by atoms with E-state index in [4.69, 9.17) is 10.5 Å². The highest BCUT2D eigenvalue weighted by atomic mass is 35.5. The van der Waals surface area contributed by atoms with Crippen molar-refractivity contribution in [3.8, 4) is 5.75 Å². The Morgan fingerprint density at radius 3 is 2.96 bits per heavy atom. The number of anilines is 1. The Morgan fingerprint density at radius 1 is 1.42 bits per heavy atom. The molecule has 1 aromatic carbocycles. The lowest BCUT2D eigenvalue weighted by Gasteiger charge is -2.07. The van der Waals surface area contributed by atoms with Crippen LogP contribution in [0.3, 0.4) is 0 Å². The van der Waals surface area contributed by atoms with E-state index in [-0.39, 0.29) is 30.3 Å². The van der Waals surface area contributed by atoms with Gasteiger partial charge in [-0.25, -0.2) is 0 Å². The van der Waals surface area contributed by atoms with Crippen LogP contribution in [-0.4, -0.2) is 29.3 Å². The van der Waals surface area contributed by atoms with Gasteiger partial charge >= 0.3 is 0 Å². The number of aromatic nitrogens is 2. The number of methoxy groups -OCH3 is 1. The first-order chi connectivity index (χ1) is 11.1. The van der Waals surface area contributed by atoms with Gasteiger partial charge in [-0.3, -0.25) is 4.79 Å². The van der Waals surface area contributed by atoms with E-state index >= 15 is 0 Å². The SMILES string of the molecule is COc1cccc(Cc2nnc(NC(=O)C3CCC(N)C3)s2)c1.Cl. The maximum Gasteiger partial charge on any atom is 0.229 e. The van der Waals surface area contributed by atoms with E-state index in [0.29, 0.717) is 11.6 Å². The van der Waals surface area contributed by atoms with Crippen LogP contribution in [0.15, 0.2) is 24.3 Å². The Balaban J connectivity index is 0.00000208. The molecule has 0 aliphatic heterocycles. The van der Waals surface area contributed by atoms with Crippen molar-refractivity contribution in [3.63, 3.8) is 0 Å². The third-order valence-electron chi connectivity index (χ3n) is 4.03. The molecule has 24 heavy (non-hydrogen) atoms. The van der Waals surface area contributed by atoms with Gasteiger partial charge in [-0.05, 0) is 37.0 Å². The first kappa shape index (κ1) is 18.6. The number of nitrogens with two attached hydrogens (primary N) is 1. The summed E-state index contributed by atoms with van der Waals surface area (Å²) in [6.45, 7) is 0. The minimum Gasteiger partial charge on any atom is -0.497 e. The number of halogens is 1. The van der Waals surface area contributed by atoms with Gasteiger partial charge in [0.2, 0.25) is 11.0 Å². The second-order valence-corrected chi connectivity index (χ2v) is 6.85. The van der Waals surface area contributed by atoms with E-state index in [2.05, 4.69) is 15.5 Å². The predicted molar refractivity (Wildman–Crippen MR) is 96.9 cm³/mol. The molecular weight excluding hydrogens is 348 g/mol. The van der Waals surface area contributed by atoms with Gasteiger partial charge in [0.05, 0.1) is 7.11 Å². The highest BCUT2D eigenvalue weighted by molar-refractivity contribution is 7.15. The zero-order chi connectivity index (χ0) is 16.2. The van der Waals surface area contributed by atoms with E-state index in [9.17, 15) is 4.79 Å². The minimum atomic E-state index is -0.00395. The fourth-order valence-electron chi connectivity index (χ4n) is 2.79. The monoisotopic (exact) mass is 368 g/mol. The van der Waals surface area contributed by atoms with Crippen LogP contribution in [0.2, 0.25) is 0 Å². The van der Waals surface area contributed by atoms with Gasteiger partial charge in [0.1, 0.15) is 10.8 Å². The van der Waals surface area contributed by atoms with Crippen molar-refractivity contribution >= 4 is 34.8 Å². The number of benzene rings is 1. The Morgan fingerprint density at radius 2 is 2.25 bits per heavy atom. The maximum atomic E-state index is 12.2. The Labute approximate surface area is 151 Å². The second kappa shape index (κ2) is 8.41. The number of nitrogens with one attached hydrogen (secondary N) is 1. The van der Waals surface area contributed by atoms with Crippen LogP contribution in [0.1, 0.15) is 29.8 Å². The highest BCUT2D eigenvalue weighted by Crippen LogP contribution is 2.26. The van der Waals surface area contributed by atoms with Gasteiger partial charge in [0, 0.05) is 18.4 Å². The summed E-state index contributed by atoms with van der Waals surface area (Å²) in [4.78, 5) is 12.2. The van der Waals surface area contributed by atoms with Crippen molar-refractivity contribution in [2.24, 2.45) is 11.7 Å². The van der Waals surface area contributed by atoms with Crippen LogP contribution < -0.4 is 15.8 Å². The zero-order valence-electron chi connectivity index (χ0n) is 13.4. The fourth-order valence-corrected chi connectivity index (χ4v) is 3.57. The molecule has 6 nitrogen and oxygen atoms in total. The van der Waals surface area contributed by atoms with Crippen LogP contribution in [0.25, 0.3) is 0 Å². The zero-order valence-corrected chi connectivity index (χ0v) is 15.0. The summed E-state index contributed by atoms with van der Waals surface area (Å²) in [7, 11) is 1.65. The summed E-state index contributed by atoms with van der Waals surface area (Å²) in [6, 6.07) is 7.98. The third kappa shape index (κ3) is 4.66. The topological polar surface area (TPSA) is 90.1 Å². The van der Waals surface area contributed by atoms with Crippen LogP contribution in [0.4, 0.5) is 5.13 Å². The number of hydrogen-bond acceptors (Lipinski definition) is 6. The summed E-state index contributed by atoms with van der Waals surface area (Å²) in [5, 5.41) is 12.5.